The summed E-state index contributed by atoms with van der Waals surface area (Å²) in [6.45, 7) is 10.7. The van der Waals surface area contributed by atoms with Gasteiger partial charge in [0, 0.05) is 43.7 Å². The van der Waals surface area contributed by atoms with Crippen LogP contribution in [0.1, 0.15) is 58.9 Å². The summed E-state index contributed by atoms with van der Waals surface area (Å²) in [6, 6.07) is 16.7. The molecule has 0 bridgehead atoms. The maximum Gasteiger partial charge on any atom is 0.414 e. The van der Waals surface area contributed by atoms with Crippen LogP contribution in [0, 0.1) is 6.92 Å². The Labute approximate surface area is 236 Å². The van der Waals surface area contributed by atoms with Gasteiger partial charge in [-0.15, -0.1) is 11.3 Å². The second-order valence-corrected chi connectivity index (χ2v) is 12.2. The van der Waals surface area contributed by atoms with Crippen LogP contribution in [0.4, 0.5) is 16.3 Å². The minimum absolute atomic E-state index is 0.303. The molecule has 206 valence electrons. The lowest BCUT2D eigenvalue weighted by atomic mass is 10.0. The molecule has 2 heterocycles. The van der Waals surface area contributed by atoms with E-state index in [2.05, 4.69) is 49.2 Å². The highest BCUT2D eigenvalue weighted by molar-refractivity contribution is 7.21. The molecule has 0 aliphatic rings. The number of hydrogen-bond donors (Lipinski definition) is 0. The number of nitrogens with zero attached hydrogens (tertiary/aromatic N) is 4. The van der Waals surface area contributed by atoms with Gasteiger partial charge in [0.1, 0.15) is 16.4 Å². The number of unbranched alkanes of at least 4 members (excludes halogenated alkanes) is 3. The minimum Gasteiger partial charge on any atom is -0.443 e. The van der Waals surface area contributed by atoms with Gasteiger partial charge in [-0.2, -0.15) is 0 Å². The summed E-state index contributed by atoms with van der Waals surface area (Å²) in [5.41, 5.74) is 5.73. The number of fused-ring (bicyclic) bond motifs is 1. The predicted octanol–water partition coefficient (Wildman–Crippen LogP) is 8.72. The van der Waals surface area contributed by atoms with Crippen molar-refractivity contribution in [2.75, 3.05) is 30.4 Å². The van der Waals surface area contributed by atoms with E-state index in [1.165, 1.54) is 0 Å². The first-order valence-electron chi connectivity index (χ1n) is 13.7. The Morgan fingerprint density at radius 1 is 0.974 bits per heavy atom. The zero-order chi connectivity index (χ0) is 28.2. The smallest absolute Gasteiger partial charge is 0.414 e. The average Bonchev–Trinajstić information content (AvgIpc) is 3.30. The van der Waals surface area contributed by atoms with Crippen LogP contribution in [0.15, 0.2) is 54.7 Å². The Hall–Kier alpha value is -3.45. The molecule has 0 radical (unpaired) electrons. The third-order valence-corrected chi connectivity index (χ3v) is 7.58. The number of ether oxygens (including phenoxy) is 1. The standard InChI is InChI=1S/C32H40N4O2S/c1-8-9-10-11-18-36(31(37)38-32(3,4)5)25-14-16-27-28(20-25)39-30(34-27)26-15-12-23(19-22(26)2)24-13-17-29(33-21-24)35(6)7/h12-17,19-21H,8-11,18H2,1-7H3. The van der Waals surface area contributed by atoms with Gasteiger partial charge in [-0.3, -0.25) is 4.90 Å². The van der Waals surface area contributed by atoms with E-state index in [9.17, 15) is 4.79 Å². The van der Waals surface area contributed by atoms with Crippen LogP contribution in [-0.2, 0) is 4.74 Å². The van der Waals surface area contributed by atoms with Gasteiger partial charge in [0.2, 0.25) is 0 Å². The van der Waals surface area contributed by atoms with E-state index >= 15 is 0 Å². The van der Waals surface area contributed by atoms with Crippen molar-refractivity contribution in [1.29, 1.82) is 0 Å². The molecule has 1 amide bonds. The molecule has 0 aliphatic heterocycles. The zero-order valence-electron chi connectivity index (χ0n) is 24.2. The molecule has 0 unspecified atom stereocenters. The van der Waals surface area contributed by atoms with Crippen molar-refractivity contribution in [1.82, 2.24) is 9.97 Å². The molecule has 4 aromatic rings. The van der Waals surface area contributed by atoms with Crippen molar-refractivity contribution in [3.8, 4) is 21.7 Å². The second kappa shape index (κ2) is 12.2. The fourth-order valence-electron chi connectivity index (χ4n) is 4.44. The molecule has 7 heteroatoms. The van der Waals surface area contributed by atoms with Crippen molar-refractivity contribution in [2.45, 2.75) is 65.9 Å². The molecule has 4 rings (SSSR count). The fraction of sp³-hybridized carbons (Fsp3) is 0.406. The van der Waals surface area contributed by atoms with Crippen LogP contribution in [0.2, 0.25) is 0 Å². The lowest BCUT2D eigenvalue weighted by molar-refractivity contribution is 0.0580. The summed E-state index contributed by atoms with van der Waals surface area (Å²) >= 11 is 1.65. The summed E-state index contributed by atoms with van der Waals surface area (Å²) < 4.78 is 6.80. The average molecular weight is 545 g/mol. The van der Waals surface area contributed by atoms with Crippen LogP contribution >= 0.6 is 11.3 Å². The van der Waals surface area contributed by atoms with Crippen LogP contribution in [0.25, 0.3) is 31.9 Å². The maximum absolute atomic E-state index is 13.1. The van der Waals surface area contributed by atoms with Gasteiger partial charge in [0.25, 0.3) is 0 Å². The SMILES string of the molecule is CCCCCCN(C(=O)OC(C)(C)C)c1ccc2nc(-c3ccc(-c4ccc(N(C)C)nc4)cc3C)sc2c1. The largest absolute Gasteiger partial charge is 0.443 e. The van der Waals surface area contributed by atoms with E-state index in [0.29, 0.717) is 6.54 Å². The highest BCUT2D eigenvalue weighted by atomic mass is 32.1. The van der Waals surface area contributed by atoms with Crippen molar-refractivity contribution in [2.24, 2.45) is 0 Å². The molecular formula is C32H40N4O2S. The Balaban J connectivity index is 1.60. The number of rotatable bonds is 9. The fourth-order valence-corrected chi connectivity index (χ4v) is 5.53. The summed E-state index contributed by atoms with van der Waals surface area (Å²) in [5, 5.41) is 0.971. The van der Waals surface area contributed by atoms with E-state index in [1.807, 2.05) is 64.2 Å². The number of aromatic nitrogens is 2. The molecule has 0 fully saturated rings. The third kappa shape index (κ3) is 7.15. The maximum atomic E-state index is 13.1. The molecule has 0 spiro atoms. The summed E-state index contributed by atoms with van der Waals surface area (Å²) in [4.78, 5) is 26.4. The van der Waals surface area contributed by atoms with Crippen LogP contribution in [0.3, 0.4) is 0 Å². The van der Waals surface area contributed by atoms with Crippen molar-refractivity contribution < 1.29 is 9.53 Å². The monoisotopic (exact) mass is 544 g/mol. The molecule has 0 atom stereocenters. The van der Waals surface area contributed by atoms with Crippen molar-refractivity contribution >= 4 is 39.2 Å². The Morgan fingerprint density at radius 3 is 2.38 bits per heavy atom. The normalized spacial score (nSPS) is 11.6. The van der Waals surface area contributed by atoms with Gasteiger partial charge in [-0.25, -0.2) is 14.8 Å². The molecule has 2 aromatic carbocycles. The second-order valence-electron chi connectivity index (χ2n) is 11.2. The number of hydrogen-bond acceptors (Lipinski definition) is 6. The van der Waals surface area contributed by atoms with Crippen LogP contribution < -0.4 is 9.80 Å². The van der Waals surface area contributed by atoms with Crippen molar-refractivity contribution in [3.63, 3.8) is 0 Å². The molecule has 6 nitrogen and oxygen atoms in total. The van der Waals surface area contributed by atoms with Gasteiger partial charge >= 0.3 is 6.09 Å². The number of carbonyl (C=O) groups is 1. The van der Waals surface area contributed by atoms with Gasteiger partial charge < -0.3 is 9.64 Å². The predicted molar refractivity (Wildman–Crippen MR) is 165 cm³/mol. The molecular weight excluding hydrogens is 504 g/mol. The number of thiazole rings is 1. The van der Waals surface area contributed by atoms with Crippen LogP contribution in [-0.4, -0.2) is 42.3 Å². The highest BCUT2D eigenvalue weighted by Crippen LogP contribution is 2.36. The van der Waals surface area contributed by atoms with E-state index in [-0.39, 0.29) is 6.09 Å². The minimum atomic E-state index is -0.547. The van der Waals surface area contributed by atoms with Gasteiger partial charge in [-0.05, 0) is 75.6 Å². The summed E-state index contributed by atoms with van der Waals surface area (Å²) in [7, 11) is 3.98. The topological polar surface area (TPSA) is 58.6 Å². The molecule has 39 heavy (non-hydrogen) atoms. The van der Waals surface area contributed by atoms with Crippen LogP contribution in [0.5, 0.6) is 0 Å². The lowest BCUT2D eigenvalue weighted by Gasteiger charge is -2.27. The van der Waals surface area contributed by atoms with E-state index in [4.69, 9.17) is 9.72 Å². The Bertz CT molecular complexity index is 1420. The number of aryl methyl sites for hydroxylation is 1. The van der Waals surface area contributed by atoms with E-state index in [1.54, 1.807) is 16.2 Å². The van der Waals surface area contributed by atoms with Gasteiger partial charge in [0.15, 0.2) is 0 Å². The van der Waals surface area contributed by atoms with Crippen molar-refractivity contribution in [3.05, 3.63) is 60.3 Å². The number of benzene rings is 2. The number of carbonyl (C=O) groups excluding carboxylic acids is 1. The number of amides is 1. The lowest BCUT2D eigenvalue weighted by Crippen LogP contribution is -2.37. The summed E-state index contributed by atoms with van der Waals surface area (Å²) in [6.07, 6.45) is 5.97. The zero-order valence-corrected chi connectivity index (χ0v) is 25.1. The first-order valence-corrected chi connectivity index (χ1v) is 14.5. The van der Waals surface area contributed by atoms with Gasteiger partial charge in [0.05, 0.1) is 10.2 Å². The molecule has 2 aromatic heterocycles. The van der Waals surface area contributed by atoms with E-state index in [0.717, 1.165) is 74.7 Å². The highest BCUT2D eigenvalue weighted by Gasteiger charge is 2.24. The van der Waals surface area contributed by atoms with E-state index < -0.39 is 5.60 Å². The Morgan fingerprint density at radius 2 is 1.74 bits per heavy atom. The first kappa shape index (κ1) is 28.6. The number of anilines is 2. The third-order valence-electron chi connectivity index (χ3n) is 6.53. The molecule has 0 aliphatic carbocycles. The van der Waals surface area contributed by atoms with Gasteiger partial charge in [-0.1, -0.05) is 44.4 Å². The number of pyridine rings is 1. The molecule has 0 saturated carbocycles. The summed E-state index contributed by atoms with van der Waals surface area (Å²) in [5.74, 6) is 0.937. The Kier molecular flexibility index (Phi) is 8.90. The molecule has 0 N–H and O–H groups in total. The quantitative estimate of drug-likeness (QED) is 0.197. The first-order chi connectivity index (χ1) is 18.6. The molecule has 0 saturated heterocycles.